The van der Waals surface area contributed by atoms with E-state index in [0.29, 0.717) is 0 Å². The first-order valence-electron chi connectivity index (χ1n) is 5.46. The van der Waals surface area contributed by atoms with Gasteiger partial charge in [0.05, 0.1) is 0 Å². The maximum Gasteiger partial charge on any atom is 0.182 e. The summed E-state index contributed by atoms with van der Waals surface area (Å²) >= 11 is 0. The van der Waals surface area contributed by atoms with Crippen molar-refractivity contribution < 1.29 is 0 Å². The Morgan fingerprint density at radius 2 is 2.06 bits per heavy atom. The van der Waals surface area contributed by atoms with Crippen LogP contribution in [0, 0.1) is 0 Å². The molecule has 0 aliphatic heterocycles. The van der Waals surface area contributed by atoms with Crippen molar-refractivity contribution in [2.75, 3.05) is 12.4 Å². The molecule has 0 atom stereocenters. The molecule has 1 aromatic carbocycles. The highest BCUT2D eigenvalue weighted by Crippen LogP contribution is 2.19. The number of pyridine rings is 1. The molecule has 4 heteroatoms. The third-order valence-corrected chi connectivity index (χ3v) is 2.65. The van der Waals surface area contributed by atoms with Crippen LogP contribution in [0.15, 0.2) is 48.7 Å². The molecule has 2 aromatic heterocycles. The normalized spacial score (nSPS) is 10.6. The summed E-state index contributed by atoms with van der Waals surface area (Å²) in [6, 6.07) is 13.9. The molecule has 4 nitrogen and oxygen atoms in total. The molecular formula is C13H12N4. The fourth-order valence-corrected chi connectivity index (χ4v) is 1.77. The third-order valence-electron chi connectivity index (χ3n) is 2.65. The summed E-state index contributed by atoms with van der Waals surface area (Å²) in [7, 11) is 1.90. The number of anilines is 1. The smallest absolute Gasteiger partial charge is 0.182 e. The predicted molar refractivity (Wildman–Crippen MR) is 68.0 cm³/mol. The van der Waals surface area contributed by atoms with E-state index in [2.05, 4.69) is 15.4 Å². The number of rotatable bonds is 2. The van der Waals surface area contributed by atoms with Crippen LogP contribution in [-0.4, -0.2) is 21.6 Å². The molecule has 0 aliphatic carbocycles. The van der Waals surface area contributed by atoms with Crippen molar-refractivity contribution in [2.24, 2.45) is 0 Å². The van der Waals surface area contributed by atoms with Crippen LogP contribution in [0.3, 0.4) is 0 Å². The van der Waals surface area contributed by atoms with Crippen LogP contribution in [-0.2, 0) is 0 Å². The quantitative estimate of drug-likeness (QED) is 0.727. The van der Waals surface area contributed by atoms with Crippen molar-refractivity contribution in [2.45, 2.75) is 0 Å². The molecule has 0 saturated heterocycles. The van der Waals surface area contributed by atoms with Crippen molar-refractivity contribution in [3.8, 4) is 11.4 Å². The van der Waals surface area contributed by atoms with Gasteiger partial charge in [-0.05, 0) is 24.3 Å². The lowest BCUT2D eigenvalue weighted by Crippen LogP contribution is -1.89. The van der Waals surface area contributed by atoms with E-state index in [1.165, 1.54) is 0 Å². The van der Waals surface area contributed by atoms with E-state index >= 15 is 0 Å². The Balaban J connectivity index is 2.13. The van der Waals surface area contributed by atoms with E-state index in [9.17, 15) is 0 Å². The van der Waals surface area contributed by atoms with E-state index in [0.717, 1.165) is 22.7 Å². The standard InChI is InChI=1S/C13H12N4/c1-14-11-6-4-5-10(9-11)13-15-12-7-2-3-8-17(12)16-13/h2-9,14H,1H3. The zero-order valence-corrected chi connectivity index (χ0v) is 9.46. The summed E-state index contributed by atoms with van der Waals surface area (Å²) in [5.74, 6) is 0.744. The second-order valence-corrected chi connectivity index (χ2v) is 3.77. The van der Waals surface area contributed by atoms with Gasteiger partial charge in [0.15, 0.2) is 11.5 Å². The molecule has 0 spiro atoms. The minimum absolute atomic E-state index is 0.744. The summed E-state index contributed by atoms with van der Waals surface area (Å²) in [6.45, 7) is 0. The number of benzene rings is 1. The van der Waals surface area contributed by atoms with Gasteiger partial charge in [-0.25, -0.2) is 9.50 Å². The molecule has 0 saturated carbocycles. The van der Waals surface area contributed by atoms with Crippen molar-refractivity contribution in [1.82, 2.24) is 14.6 Å². The molecule has 0 radical (unpaired) electrons. The predicted octanol–water partition coefficient (Wildman–Crippen LogP) is 2.44. The lowest BCUT2D eigenvalue weighted by Gasteiger charge is -2.00. The van der Waals surface area contributed by atoms with Crippen LogP contribution in [0.2, 0.25) is 0 Å². The molecular weight excluding hydrogens is 212 g/mol. The van der Waals surface area contributed by atoms with Crippen molar-refractivity contribution >= 4 is 11.3 Å². The van der Waals surface area contributed by atoms with Crippen molar-refractivity contribution in [3.05, 3.63) is 48.7 Å². The lowest BCUT2D eigenvalue weighted by atomic mass is 10.2. The molecule has 2 heterocycles. The summed E-state index contributed by atoms with van der Waals surface area (Å²) in [6.07, 6.45) is 1.90. The average Bonchev–Trinajstić information content (AvgIpc) is 2.82. The van der Waals surface area contributed by atoms with Crippen LogP contribution in [0.4, 0.5) is 5.69 Å². The number of nitrogens with zero attached hydrogens (tertiary/aromatic N) is 3. The Morgan fingerprint density at radius 3 is 2.88 bits per heavy atom. The maximum absolute atomic E-state index is 4.48. The Kier molecular flexibility index (Phi) is 2.26. The fourth-order valence-electron chi connectivity index (χ4n) is 1.77. The fraction of sp³-hybridized carbons (Fsp3) is 0.0769. The Morgan fingerprint density at radius 1 is 1.12 bits per heavy atom. The number of aromatic nitrogens is 3. The first-order chi connectivity index (χ1) is 8.36. The van der Waals surface area contributed by atoms with E-state index in [1.807, 2.05) is 55.7 Å². The molecule has 0 aliphatic rings. The second-order valence-electron chi connectivity index (χ2n) is 3.77. The molecule has 0 fully saturated rings. The molecule has 17 heavy (non-hydrogen) atoms. The number of nitrogens with one attached hydrogen (secondary N) is 1. The van der Waals surface area contributed by atoms with Crippen LogP contribution in [0.5, 0.6) is 0 Å². The average molecular weight is 224 g/mol. The van der Waals surface area contributed by atoms with Gasteiger partial charge in [0.2, 0.25) is 0 Å². The van der Waals surface area contributed by atoms with Crippen LogP contribution >= 0.6 is 0 Å². The van der Waals surface area contributed by atoms with Gasteiger partial charge in [0.1, 0.15) is 0 Å². The summed E-state index contributed by atoms with van der Waals surface area (Å²) < 4.78 is 1.78. The van der Waals surface area contributed by atoms with Gasteiger partial charge in [-0.3, -0.25) is 0 Å². The molecule has 0 unspecified atom stereocenters. The Hall–Kier alpha value is -2.36. The maximum atomic E-state index is 4.48. The molecule has 0 amide bonds. The number of hydrogen-bond acceptors (Lipinski definition) is 3. The first-order valence-corrected chi connectivity index (χ1v) is 5.46. The number of hydrogen-bond donors (Lipinski definition) is 1. The van der Waals surface area contributed by atoms with Gasteiger partial charge in [-0.2, -0.15) is 0 Å². The third kappa shape index (κ3) is 1.73. The van der Waals surface area contributed by atoms with Crippen LogP contribution in [0.1, 0.15) is 0 Å². The second kappa shape index (κ2) is 3.90. The monoisotopic (exact) mass is 224 g/mol. The Labute approximate surface area is 98.9 Å². The molecule has 84 valence electrons. The largest absolute Gasteiger partial charge is 0.388 e. The van der Waals surface area contributed by atoms with E-state index < -0.39 is 0 Å². The van der Waals surface area contributed by atoms with Gasteiger partial charge >= 0.3 is 0 Å². The minimum Gasteiger partial charge on any atom is -0.388 e. The topological polar surface area (TPSA) is 42.2 Å². The lowest BCUT2D eigenvalue weighted by molar-refractivity contribution is 0.966. The van der Waals surface area contributed by atoms with Gasteiger partial charge in [0, 0.05) is 24.5 Å². The van der Waals surface area contributed by atoms with E-state index in [-0.39, 0.29) is 0 Å². The molecule has 3 rings (SSSR count). The highest BCUT2D eigenvalue weighted by Gasteiger charge is 2.05. The highest BCUT2D eigenvalue weighted by atomic mass is 15.3. The number of fused-ring (bicyclic) bond motifs is 1. The first kappa shape index (κ1) is 9.84. The van der Waals surface area contributed by atoms with E-state index in [4.69, 9.17) is 0 Å². The summed E-state index contributed by atoms with van der Waals surface area (Å²) in [4.78, 5) is 4.48. The SMILES string of the molecule is CNc1cccc(-c2nc3ccccn3n2)c1. The van der Waals surface area contributed by atoms with Crippen molar-refractivity contribution in [1.29, 1.82) is 0 Å². The highest BCUT2D eigenvalue weighted by molar-refractivity contribution is 5.63. The van der Waals surface area contributed by atoms with Gasteiger partial charge < -0.3 is 5.32 Å². The Bertz CT molecular complexity index is 624. The van der Waals surface area contributed by atoms with Gasteiger partial charge in [0.25, 0.3) is 0 Å². The van der Waals surface area contributed by atoms with E-state index in [1.54, 1.807) is 4.52 Å². The van der Waals surface area contributed by atoms with Gasteiger partial charge in [-0.1, -0.05) is 18.2 Å². The van der Waals surface area contributed by atoms with Crippen LogP contribution < -0.4 is 5.32 Å². The summed E-state index contributed by atoms with van der Waals surface area (Å²) in [5, 5.41) is 7.54. The zero-order valence-electron chi connectivity index (χ0n) is 9.46. The molecule has 1 N–H and O–H groups in total. The van der Waals surface area contributed by atoms with Gasteiger partial charge in [-0.15, -0.1) is 5.10 Å². The molecule has 3 aromatic rings. The van der Waals surface area contributed by atoms with Crippen LogP contribution in [0.25, 0.3) is 17.0 Å². The molecule has 0 bridgehead atoms. The minimum atomic E-state index is 0.744. The zero-order chi connectivity index (χ0) is 11.7. The summed E-state index contributed by atoms with van der Waals surface area (Å²) in [5.41, 5.74) is 2.93. The van der Waals surface area contributed by atoms with Crippen molar-refractivity contribution in [3.63, 3.8) is 0 Å².